The Balaban J connectivity index is 1.22. The molecule has 0 aliphatic carbocycles. The van der Waals surface area contributed by atoms with Crippen molar-refractivity contribution < 1.29 is 18.8 Å². The number of rotatable bonds is 7. The molecule has 2 heterocycles. The number of nitrogens with one attached hydrogen (secondary N) is 3. The van der Waals surface area contributed by atoms with Crippen LogP contribution in [0.15, 0.2) is 58.6 Å². The van der Waals surface area contributed by atoms with Crippen molar-refractivity contribution in [1.29, 1.82) is 0 Å². The average Bonchev–Trinajstić information content (AvgIpc) is 3.36. The maximum Gasteiger partial charge on any atom is 0.266 e. The first-order valence-electron chi connectivity index (χ1n) is 10.1. The predicted molar refractivity (Wildman–Crippen MR) is 134 cm³/mol. The SMILES string of the molecule is O=C(CCN1C(=O)C(=Cc2ccccc2F)SC1=S)NNC(=O)CSc1nc2ccccc2[nH]1. The van der Waals surface area contributed by atoms with E-state index in [0.29, 0.717) is 5.16 Å². The molecule has 0 radical (unpaired) electrons. The van der Waals surface area contributed by atoms with Gasteiger partial charge in [-0.15, -0.1) is 0 Å². The molecule has 0 saturated carbocycles. The number of carbonyl (C=O) groups is 3. The van der Waals surface area contributed by atoms with Gasteiger partial charge in [0.1, 0.15) is 10.1 Å². The Morgan fingerprint density at radius 3 is 2.68 bits per heavy atom. The molecule has 0 spiro atoms. The number of benzene rings is 2. The van der Waals surface area contributed by atoms with Crippen molar-refractivity contribution in [3.8, 4) is 0 Å². The molecule has 0 atom stereocenters. The molecule has 2 aromatic carbocycles. The largest absolute Gasteiger partial charge is 0.333 e. The Kier molecular flexibility index (Phi) is 7.60. The summed E-state index contributed by atoms with van der Waals surface area (Å²) in [6.07, 6.45) is 1.37. The number of imidazole rings is 1. The summed E-state index contributed by atoms with van der Waals surface area (Å²) >= 11 is 7.48. The second-order valence-corrected chi connectivity index (χ2v) is 9.69. The number of H-pyrrole nitrogens is 1. The van der Waals surface area contributed by atoms with Crippen molar-refractivity contribution in [2.24, 2.45) is 0 Å². The van der Waals surface area contributed by atoms with E-state index < -0.39 is 23.5 Å². The van der Waals surface area contributed by atoms with Crippen molar-refractivity contribution in [2.75, 3.05) is 12.3 Å². The minimum atomic E-state index is -0.478. The number of fused-ring (bicyclic) bond motifs is 1. The lowest BCUT2D eigenvalue weighted by Gasteiger charge is -2.14. The summed E-state index contributed by atoms with van der Waals surface area (Å²) in [6, 6.07) is 13.6. The summed E-state index contributed by atoms with van der Waals surface area (Å²) in [5.74, 6) is -1.67. The number of carbonyl (C=O) groups excluding carboxylic acids is 3. The number of hydrazine groups is 1. The van der Waals surface area contributed by atoms with Gasteiger partial charge >= 0.3 is 0 Å². The summed E-state index contributed by atoms with van der Waals surface area (Å²) in [5, 5.41) is 0.598. The maximum atomic E-state index is 13.9. The van der Waals surface area contributed by atoms with E-state index in [2.05, 4.69) is 20.8 Å². The molecule has 1 saturated heterocycles. The van der Waals surface area contributed by atoms with E-state index in [0.717, 1.165) is 22.8 Å². The number of halogens is 1. The van der Waals surface area contributed by atoms with Gasteiger partial charge in [0.05, 0.1) is 21.7 Å². The summed E-state index contributed by atoms with van der Waals surface area (Å²) in [4.78, 5) is 45.8. The number of hydrogen-bond donors (Lipinski definition) is 3. The third-order valence-electron chi connectivity index (χ3n) is 4.68. The van der Waals surface area contributed by atoms with E-state index in [9.17, 15) is 18.8 Å². The van der Waals surface area contributed by atoms with Crippen LogP contribution in [-0.4, -0.2) is 49.2 Å². The van der Waals surface area contributed by atoms with Crippen LogP contribution >= 0.6 is 35.7 Å². The van der Waals surface area contributed by atoms with E-state index in [4.69, 9.17) is 12.2 Å². The number of hydrogen-bond acceptors (Lipinski definition) is 7. The van der Waals surface area contributed by atoms with Gasteiger partial charge in [-0.25, -0.2) is 9.37 Å². The number of nitrogens with zero attached hydrogens (tertiary/aromatic N) is 2. The van der Waals surface area contributed by atoms with Crippen LogP contribution in [0.5, 0.6) is 0 Å². The molecule has 0 bridgehead atoms. The zero-order chi connectivity index (χ0) is 24.1. The Morgan fingerprint density at radius 2 is 1.88 bits per heavy atom. The zero-order valence-corrected chi connectivity index (χ0v) is 20.0. The van der Waals surface area contributed by atoms with E-state index >= 15 is 0 Å². The lowest BCUT2D eigenvalue weighted by molar-refractivity contribution is -0.128. The highest BCUT2D eigenvalue weighted by Crippen LogP contribution is 2.33. The molecule has 1 aliphatic heterocycles. The standard InChI is InChI=1S/C22H18FN5O3S3/c23-14-6-2-1-5-13(14)11-17-20(31)28(22(32)34-17)10-9-18(29)26-27-19(30)12-33-21-24-15-7-3-4-8-16(15)25-21/h1-8,11H,9-10,12H2,(H,24,25)(H,26,29)(H,27,30). The summed E-state index contributed by atoms with van der Waals surface area (Å²) in [5.41, 5.74) is 6.62. The number of thiocarbonyl (C=S) groups is 1. The van der Waals surface area contributed by atoms with Crippen molar-refractivity contribution in [2.45, 2.75) is 11.6 Å². The molecule has 34 heavy (non-hydrogen) atoms. The van der Waals surface area contributed by atoms with Crippen LogP contribution in [0.25, 0.3) is 17.1 Å². The van der Waals surface area contributed by atoms with E-state index in [1.807, 2.05) is 24.3 Å². The molecule has 0 unspecified atom stereocenters. The first kappa shape index (κ1) is 23.9. The highest BCUT2D eigenvalue weighted by atomic mass is 32.2. The quantitative estimate of drug-likeness (QED) is 0.192. The molecule has 3 aromatic rings. The molecule has 8 nitrogen and oxygen atoms in total. The molecule has 1 aromatic heterocycles. The van der Waals surface area contributed by atoms with Crippen molar-refractivity contribution >= 4 is 74.9 Å². The summed E-state index contributed by atoms with van der Waals surface area (Å²) in [6.45, 7) is 0.0364. The van der Waals surface area contributed by atoms with Crippen LogP contribution in [0, 0.1) is 5.82 Å². The summed E-state index contributed by atoms with van der Waals surface area (Å²) in [7, 11) is 0. The van der Waals surface area contributed by atoms with Gasteiger partial charge in [-0.3, -0.25) is 30.1 Å². The second-order valence-electron chi connectivity index (χ2n) is 7.05. The van der Waals surface area contributed by atoms with Crippen LogP contribution in [0.1, 0.15) is 12.0 Å². The summed E-state index contributed by atoms with van der Waals surface area (Å²) < 4.78 is 14.1. The van der Waals surface area contributed by atoms with Crippen LogP contribution in [0.3, 0.4) is 0 Å². The second kappa shape index (κ2) is 10.8. The van der Waals surface area contributed by atoms with Gasteiger partial charge in [-0.05, 0) is 24.3 Å². The molecule has 4 rings (SSSR count). The van der Waals surface area contributed by atoms with Crippen molar-refractivity contribution in [1.82, 2.24) is 25.7 Å². The lowest BCUT2D eigenvalue weighted by Crippen LogP contribution is -2.44. The van der Waals surface area contributed by atoms with Crippen LogP contribution in [-0.2, 0) is 14.4 Å². The van der Waals surface area contributed by atoms with E-state index in [1.165, 1.54) is 28.8 Å². The Bertz CT molecular complexity index is 1280. The lowest BCUT2D eigenvalue weighted by atomic mass is 10.2. The molecule has 174 valence electrons. The maximum absolute atomic E-state index is 13.9. The fourth-order valence-electron chi connectivity index (χ4n) is 3.01. The Hall–Kier alpha value is -3.22. The van der Waals surface area contributed by atoms with Gasteiger partial charge in [0, 0.05) is 18.5 Å². The molecule has 12 heteroatoms. The smallest absolute Gasteiger partial charge is 0.266 e. The molecular weight excluding hydrogens is 497 g/mol. The Morgan fingerprint density at radius 1 is 1.15 bits per heavy atom. The zero-order valence-electron chi connectivity index (χ0n) is 17.5. The van der Waals surface area contributed by atoms with Crippen LogP contribution < -0.4 is 10.9 Å². The third-order valence-corrected chi connectivity index (χ3v) is 6.93. The first-order valence-corrected chi connectivity index (χ1v) is 12.3. The minimum Gasteiger partial charge on any atom is -0.333 e. The van der Waals surface area contributed by atoms with Crippen molar-refractivity contribution in [3.63, 3.8) is 0 Å². The van der Waals surface area contributed by atoms with Crippen LogP contribution in [0.2, 0.25) is 0 Å². The van der Waals surface area contributed by atoms with Crippen LogP contribution in [0.4, 0.5) is 4.39 Å². The number of aromatic amines is 1. The van der Waals surface area contributed by atoms with Crippen molar-refractivity contribution in [3.05, 3.63) is 64.8 Å². The molecule has 1 aliphatic rings. The van der Waals surface area contributed by atoms with E-state index in [1.54, 1.807) is 18.2 Å². The van der Waals surface area contributed by atoms with Gasteiger partial charge in [0.15, 0.2) is 5.16 Å². The topological polar surface area (TPSA) is 107 Å². The minimum absolute atomic E-state index is 0.0364. The highest BCUT2D eigenvalue weighted by molar-refractivity contribution is 8.26. The number of aromatic nitrogens is 2. The monoisotopic (exact) mass is 515 g/mol. The third kappa shape index (κ3) is 5.82. The fourth-order valence-corrected chi connectivity index (χ4v) is 4.99. The number of para-hydroxylation sites is 2. The van der Waals surface area contributed by atoms with Gasteiger partial charge in [0.2, 0.25) is 11.8 Å². The normalized spacial score (nSPS) is 14.7. The molecular formula is C22H18FN5O3S3. The molecule has 3 amide bonds. The predicted octanol–water partition coefficient (Wildman–Crippen LogP) is 3.23. The molecule has 1 fully saturated rings. The fraction of sp³-hybridized carbons (Fsp3) is 0.136. The number of amides is 3. The molecule has 3 N–H and O–H groups in total. The van der Waals surface area contributed by atoms with Gasteiger partial charge < -0.3 is 4.98 Å². The Labute approximate surface area is 207 Å². The first-order chi connectivity index (χ1) is 16.4. The van der Waals surface area contributed by atoms with Gasteiger partial charge in [0.25, 0.3) is 5.91 Å². The highest BCUT2D eigenvalue weighted by Gasteiger charge is 2.32. The average molecular weight is 516 g/mol. The van der Waals surface area contributed by atoms with Gasteiger partial charge in [-0.2, -0.15) is 0 Å². The van der Waals surface area contributed by atoms with Gasteiger partial charge in [-0.1, -0.05) is 66.1 Å². The van der Waals surface area contributed by atoms with E-state index in [-0.39, 0.29) is 33.5 Å². The number of thioether (sulfide) groups is 2.